The van der Waals surface area contributed by atoms with Crippen molar-refractivity contribution in [3.05, 3.63) is 21.8 Å². The molecule has 0 spiro atoms. The van der Waals surface area contributed by atoms with E-state index in [1.54, 1.807) is 39.2 Å². The zero-order chi connectivity index (χ0) is 14.3. The summed E-state index contributed by atoms with van der Waals surface area (Å²) < 4.78 is 34.4. The Morgan fingerprint density at radius 3 is 2.37 bits per heavy atom. The zero-order valence-electron chi connectivity index (χ0n) is 11.2. The summed E-state index contributed by atoms with van der Waals surface area (Å²) in [5.74, 6) is 0.597. The molecule has 0 fully saturated rings. The van der Waals surface area contributed by atoms with Gasteiger partial charge in [0, 0.05) is 7.11 Å². The van der Waals surface area contributed by atoms with Crippen LogP contribution < -0.4 is 10.0 Å². The number of methoxy groups -OCH3 is 1. The van der Waals surface area contributed by atoms with Gasteiger partial charge in [0.05, 0.1) is 22.1 Å². The average molecular weight is 400 g/mol. The highest BCUT2D eigenvalue weighted by atomic mass is 127. The molecule has 7 heteroatoms. The summed E-state index contributed by atoms with van der Waals surface area (Å²) in [5, 5.41) is 0.519. The molecule has 0 radical (unpaired) electrons. The quantitative estimate of drug-likeness (QED) is 0.381. The van der Waals surface area contributed by atoms with Crippen LogP contribution in [-0.4, -0.2) is 27.1 Å². The molecule has 19 heavy (non-hydrogen) atoms. The van der Waals surface area contributed by atoms with Crippen molar-refractivity contribution < 1.29 is 23.1 Å². The highest BCUT2D eigenvalue weighted by molar-refractivity contribution is 14.1. The molecule has 0 unspecified atom stereocenters. The predicted molar refractivity (Wildman–Crippen MR) is 82.2 cm³/mol. The van der Waals surface area contributed by atoms with E-state index in [-0.39, 0.29) is 6.79 Å². The van der Waals surface area contributed by atoms with Crippen molar-refractivity contribution in [2.45, 2.75) is 13.8 Å². The molecule has 0 aliphatic heterocycles. The van der Waals surface area contributed by atoms with Crippen LogP contribution in [0.5, 0.6) is 5.75 Å². The van der Waals surface area contributed by atoms with Gasteiger partial charge in [0.2, 0.25) is 0 Å². The van der Waals surface area contributed by atoms with E-state index in [1.165, 1.54) is 0 Å². The van der Waals surface area contributed by atoms with Crippen LogP contribution >= 0.6 is 30.2 Å². The summed E-state index contributed by atoms with van der Waals surface area (Å²) in [6.07, 6.45) is 0. The first-order chi connectivity index (χ1) is 9.09. The summed E-state index contributed by atoms with van der Waals surface area (Å²) in [6, 6.07) is 5.27. The van der Waals surface area contributed by atoms with Crippen LogP contribution in [0.4, 0.5) is 0 Å². The van der Waals surface area contributed by atoms with E-state index >= 15 is 0 Å². The van der Waals surface area contributed by atoms with E-state index < -0.39 is 7.60 Å². The molecule has 1 aromatic rings. The van der Waals surface area contributed by atoms with Crippen LogP contribution in [-0.2, 0) is 18.3 Å². The molecule has 0 saturated carbocycles. The Labute approximate surface area is 127 Å². The van der Waals surface area contributed by atoms with Gasteiger partial charge in [0.1, 0.15) is 5.75 Å². The number of hydrogen-bond donors (Lipinski definition) is 0. The molecule has 0 saturated heterocycles. The molecule has 5 nitrogen and oxygen atoms in total. The fourth-order valence-electron chi connectivity index (χ4n) is 1.46. The third-order valence-corrected chi connectivity index (χ3v) is 5.87. The first kappa shape index (κ1) is 16.9. The lowest BCUT2D eigenvalue weighted by Crippen LogP contribution is -2.15. The zero-order valence-corrected chi connectivity index (χ0v) is 14.3. The lowest BCUT2D eigenvalue weighted by atomic mass is 10.3. The minimum atomic E-state index is -3.30. The smallest absolute Gasteiger partial charge is 0.362 e. The minimum absolute atomic E-state index is 0.132. The lowest BCUT2D eigenvalue weighted by molar-refractivity contribution is 0.0505. The van der Waals surface area contributed by atoms with Gasteiger partial charge in [-0.05, 0) is 48.6 Å². The van der Waals surface area contributed by atoms with Crippen molar-refractivity contribution in [1.29, 1.82) is 0 Å². The van der Waals surface area contributed by atoms with Crippen molar-refractivity contribution in [3.63, 3.8) is 0 Å². The molecule has 0 heterocycles. The van der Waals surface area contributed by atoms with Gasteiger partial charge in [0.15, 0.2) is 6.79 Å². The fourth-order valence-corrected chi connectivity index (χ4v) is 4.51. The number of halogens is 1. The van der Waals surface area contributed by atoms with Crippen LogP contribution in [0.2, 0.25) is 0 Å². The standard InChI is InChI=1S/C12H18IO5P/c1-4-17-19(14,18-5-2)11-8-6-7-10(12(11)13)16-9-15-3/h6-8H,4-5,9H2,1-3H3. The van der Waals surface area contributed by atoms with Gasteiger partial charge in [-0.25, -0.2) is 0 Å². The Morgan fingerprint density at radius 1 is 1.21 bits per heavy atom. The molecular formula is C12H18IO5P. The summed E-state index contributed by atoms with van der Waals surface area (Å²) in [5.41, 5.74) is 0. The van der Waals surface area contributed by atoms with E-state index in [9.17, 15) is 4.57 Å². The first-order valence-corrected chi connectivity index (χ1v) is 8.51. The molecule has 0 aromatic heterocycles. The van der Waals surface area contributed by atoms with Crippen LogP contribution in [0.1, 0.15) is 13.8 Å². The first-order valence-electron chi connectivity index (χ1n) is 5.89. The summed E-state index contributed by atoms with van der Waals surface area (Å²) in [4.78, 5) is 0. The Balaban J connectivity index is 3.13. The minimum Gasteiger partial charge on any atom is -0.466 e. The molecule has 0 aliphatic rings. The molecule has 108 valence electrons. The molecule has 0 amide bonds. The van der Waals surface area contributed by atoms with E-state index in [2.05, 4.69) is 22.6 Å². The number of benzene rings is 1. The maximum absolute atomic E-state index is 12.7. The predicted octanol–water partition coefficient (Wildman–Crippen LogP) is 3.17. The van der Waals surface area contributed by atoms with E-state index in [4.69, 9.17) is 18.5 Å². The van der Waals surface area contributed by atoms with Crippen molar-refractivity contribution in [2.24, 2.45) is 0 Å². The molecular weight excluding hydrogens is 382 g/mol. The maximum atomic E-state index is 12.7. The maximum Gasteiger partial charge on any atom is 0.362 e. The van der Waals surface area contributed by atoms with Crippen molar-refractivity contribution in [2.75, 3.05) is 27.1 Å². The average Bonchev–Trinajstić information content (AvgIpc) is 2.38. The van der Waals surface area contributed by atoms with Gasteiger partial charge in [0.25, 0.3) is 0 Å². The number of hydrogen-bond acceptors (Lipinski definition) is 5. The van der Waals surface area contributed by atoms with Gasteiger partial charge in [-0.2, -0.15) is 0 Å². The summed E-state index contributed by atoms with van der Waals surface area (Å²) in [6.45, 7) is 4.33. The fraction of sp³-hybridized carbons (Fsp3) is 0.500. The second-order valence-electron chi connectivity index (χ2n) is 3.47. The van der Waals surface area contributed by atoms with Crippen molar-refractivity contribution in [1.82, 2.24) is 0 Å². The van der Waals surface area contributed by atoms with Crippen LogP contribution in [0.15, 0.2) is 18.2 Å². The van der Waals surface area contributed by atoms with E-state index in [0.29, 0.717) is 27.8 Å². The highest BCUT2D eigenvalue weighted by Crippen LogP contribution is 2.48. The lowest BCUT2D eigenvalue weighted by Gasteiger charge is -2.19. The van der Waals surface area contributed by atoms with Gasteiger partial charge in [-0.1, -0.05) is 6.07 Å². The normalized spacial score (nSPS) is 11.6. The summed E-state index contributed by atoms with van der Waals surface area (Å²) >= 11 is 2.07. The van der Waals surface area contributed by atoms with Gasteiger partial charge in [-0.15, -0.1) is 0 Å². The Bertz CT molecular complexity index is 442. The van der Waals surface area contributed by atoms with Crippen LogP contribution in [0.25, 0.3) is 0 Å². The second-order valence-corrected chi connectivity index (χ2v) is 6.55. The molecule has 0 N–H and O–H groups in total. The Kier molecular flexibility index (Phi) is 7.31. The molecule has 0 atom stereocenters. The van der Waals surface area contributed by atoms with Gasteiger partial charge in [-0.3, -0.25) is 4.57 Å². The highest BCUT2D eigenvalue weighted by Gasteiger charge is 2.30. The van der Waals surface area contributed by atoms with Crippen molar-refractivity contribution >= 4 is 35.5 Å². The topological polar surface area (TPSA) is 54.0 Å². The van der Waals surface area contributed by atoms with Crippen LogP contribution in [0.3, 0.4) is 0 Å². The molecule has 1 rings (SSSR count). The Hall–Kier alpha value is -0.140. The van der Waals surface area contributed by atoms with E-state index in [0.717, 1.165) is 0 Å². The third kappa shape index (κ3) is 4.43. The third-order valence-electron chi connectivity index (χ3n) is 2.17. The monoisotopic (exact) mass is 400 g/mol. The SMILES string of the molecule is CCOP(=O)(OCC)c1cccc(OCOC)c1I. The molecule has 0 bridgehead atoms. The van der Waals surface area contributed by atoms with Crippen LogP contribution in [0, 0.1) is 3.57 Å². The molecule has 0 aliphatic carbocycles. The number of rotatable bonds is 8. The van der Waals surface area contributed by atoms with Crippen molar-refractivity contribution in [3.8, 4) is 5.75 Å². The van der Waals surface area contributed by atoms with Gasteiger partial charge >= 0.3 is 7.60 Å². The Morgan fingerprint density at radius 2 is 1.84 bits per heavy atom. The van der Waals surface area contributed by atoms with E-state index in [1.807, 2.05) is 0 Å². The molecule has 1 aromatic carbocycles. The number of ether oxygens (including phenoxy) is 2. The largest absolute Gasteiger partial charge is 0.466 e. The second kappa shape index (κ2) is 8.21. The van der Waals surface area contributed by atoms with Gasteiger partial charge < -0.3 is 18.5 Å². The summed E-state index contributed by atoms with van der Waals surface area (Å²) in [7, 11) is -1.75.